The highest BCUT2D eigenvalue weighted by Gasteiger charge is 2.17. The van der Waals surface area contributed by atoms with Gasteiger partial charge in [-0.15, -0.1) is 0 Å². The van der Waals surface area contributed by atoms with Crippen LogP contribution in [0.5, 0.6) is 0 Å². The van der Waals surface area contributed by atoms with Gasteiger partial charge in [0.1, 0.15) is 0 Å². The summed E-state index contributed by atoms with van der Waals surface area (Å²) >= 11 is 0. The van der Waals surface area contributed by atoms with Crippen LogP contribution < -0.4 is 5.32 Å². The van der Waals surface area contributed by atoms with E-state index >= 15 is 0 Å². The van der Waals surface area contributed by atoms with Crippen molar-refractivity contribution in [3.63, 3.8) is 0 Å². The van der Waals surface area contributed by atoms with Gasteiger partial charge in [0.15, 0.2) is 0 Å². The minimum atomic E-state index is -2.76. The number of nitro benzene ring substituents is 1. The topological polar surface area (TPSA) is 75.4 Å². The number of non-ortho nitro benzene ring substituents is 1. The molecule has 5 nitrogen and oxygen atoms in total. The van der Waals surface area contributed by atoms with Crippen LogP contribution in [0.3, 0.4) is 0 Å². The molecule has 1 aromatic carbocycles. The lowest BCUT2D eigenvalue weighted by molar-refractivity contribution is -0.385. The quantitative estimate of drug-likeness (QED) is 0.434. The highest BCUT2D eigenvalue weighted by atomic mass is 19.3. The fraction of sp³-hybridized carbons (Fsp3) is 0.500. The molecule has 0 bridgehead atoms. The predicted molar refractivity (Wildman–Crippen MR) is 67.5 cm³/mol. The van der Waals surface area contributed by atoms with Crippen molar-refractivity contribution in [3.05, 3.63) is 33.9 Å². The summed E-state index contributed by atoms with van der Waals surface area (Å²) in [7, 11) is 0. The number of aliphatic hydroxyl groups is 1. The Balaban J connectivity index is 2.69. The molecule has 2 N–H and O–H groups in total. The number of rotatable bonds is 8. The normalized spacial score (nSPS) is 10.7. The lowest BCUT2D eigenvalue weighted by Crippen LogP contribution is -2.05. The van der Waals surface area contributed by atoms with Crippen molar-refractivity contribution >= 4 is 11.4 Å². The largest absolute Gasteiger partial charge is 0.396 e. The maximum Gasteiger partial charge on any atom is 0.270 e. The third-order valence-electron chi connectivity index (χ3n) is 2.63. The molecule has 0 saturated heterocycles. The molecule has 0 aliphatic rings. The van der Waals surface area contributed by atoms with Crippen LogP contribution in [0.2, 0.25) is 0 Å². The van der Waals surface area contributed by atoms with Gasteiger partial charge in [-0.05, 0) is 25.3 Å². The van der Waals surface area contributed by atoms with Gasteiger partial charge in [-0.3, -0.25) is 10.1 Å². The molecule has 0 amide bonds. The van der Waals surface area contributed by atoms with E-state index in [2.05, 4.69) is 5.32 Å². The van der Waals surface area contributed by atoms with Crippen molar-refractivity contribution < 1.29 is 18.8 Å². The zero-order chi connectivity index (χ0) is 14.3. The Morgan fingerprint density at radius 2 is 2.05 bits per heavy atom. The number of anilines is 1. The van der Waals surface area contributed by atoms with Crippen LogP contribution in [0, 0.1) is 10.1 Å². The molecule has 0 radical (unpaired) electrons. The van der Waals surface area contributed by atoms with E-state index in [0.29, 0.717) is 13.0 Å². The molecule has 19 heavy (non-hydrogen) atoms. The van der Waals surface area contributed by atoms with Crippen molar-refractivity contribution in [2.75, 3.05) is 18.5 Å². The summed E-state index contributed by atoms with van der Waals surface area (Å²) in [6.45, 7) is 0.595. The van der Waals surface area contributed by atoms with Gasteiger partial charge in [0.2, 0.25) is 0 Å². The first-order chi connectivity index (χ1) is 9.06. The second-order valence-corrected chi connectivity index (χ2v) is 4.04. The Kier molecular flexibility index (Phi) is 6.14. The second-order valence-electron chi connectivity index (χ2n) is 4.04. The first-order valence-corrected chi connectivity index (χ1v) is 5.97. The summed E-state index contributed by atoms with van der Waals surface area (Å²) in [4.78, 5) is 9.84. The van der Waals surface area contributed by atoms with E-state index in [1.807, 2.05) is 0 Å². The lowest BCUT2D eigenvalue weighted by atomic mass is 10.1. The van der Waals surface area contributed by atoms with E-state index in [1.165, 1.54) is 12.1 Å². The highest BCUT2D eigenvalue weighted by molar-refractivity contribution is 5.56. The number of aliphatic hydroxyl groups excluding tert-OH is 1. The van der Waals surface area contributed by atoms with Gasteiger partial charge >= 0.3 is 0 Å². The average Bonchev–Trinajstić information content (AvgIpc) is 2.38. The fourth-order valence-corrected chi connectivity index (χ4v) is 1.64. The van der Waals surface area contributed by atoms with Crippen molar-refractivity contribution in [1.82, 2.24) is 0 Å². The number of nitrogens with zero attached hydrogens (tertiary/aromatic N) is 1. The van der Waals surface area contributed by atoms with E-state index < -0.39 is 11.3 Å². The van der Waals surface area contributed by atoms with Crippen molar-refractivity contribution in [1.29, 1.82) is 0 Å². The number of nitro groups is 1. The third-order valence-corrected chi connectivity index (χ3v) is 2.63. The van der Waals surface area contributed by atoms with Crippen molar-refractivity contribution in [3.8, 4) is 0 Å². The van der Waals surface area contributed by atoms with Crippen LogP contribution in [0.15, 0.2) is 18.2 Å². The first kappa shape index (κ1) is 15.3. The third kappa shape index (κ3) is 4.78. The molecular weight excluding hydrogens is 258 g/mol. The smallest absolute Gasteiger partial charge is 0.270 e. The molecule has 1 aromatic rings. The Bertz CT molecular complexity index is 427. The average molecular weight is 274 g/mol. The van der Waals surface area contributed by atoms with Crippen LogP contribution in [-0.2, 0) is 0 Å². The zero-order valence-corrected chi connectivity index (χ0v) is 10.3. The van der Waals surface area contributed by atoms with Gasteiger partial charge in [0.05, 0.1) is 4.92 Å². The number of benzene rings is 1. The van der Waals surface area contributed by atoms with Gasteiger partial charge in [-0.1, -0.05) is 0 Å². The van der Waals surface area contributed by atoms with E-state index in [0.717, 1.165) is 18.9 Å². The van der Waals surface area contributed by atoms with E-state index in [-0.39, 0.29) is 23.5 Å². The Morgan fingerprint density at radius 1 is 1.32 bits per heavy atom. The number of hydrogen-bond acceptors (Lipinski definition) is 4. The summed E-state index contributed by atoms with van der Waals surface area (Å²) in [6.07, 6.45) is -0.565. The number of halogens is 2. The lowest BCUT2D eigenvalue weighted by Gasteiger charge is -2.11. The second kappa shape index (κ2) is 7.63. The summed E-state index contributed by atoms with van der Waals surface area (Å²) in [6, 6.07) is 3.38. The number of unbranched alkanes of at least 4 members (excludes halogenated alkanes) is 2. The van der Waals surface area contributed by atoms with E-state index in [4.69, 9.17) is 5.11 Å². The molecule has 1 rings (SSSR count). The fourth-order valence-electron chi connectivity index (χ4n) is 1.64. The first-order valence-electron chi connectivity index (χ1n) is 5.97. The standard InChI is InChI=1S/C12H16F2N2O3/c13-12(14)10-8-9(16(18)19)4-5-11(10)15-6-2-1-3-7-17/h4-5,8,12,15,17H,1-3,6-7H2. The summed E-state index contributed by atoms with van der Waals surface area (Å²) in [5.74, 6) is 0. The van der Waals surface area contributed by atoms with Crippen LogP contribution in [-0.4, -0.2) is 23.2 Å². The minimum Gasteiger partial charge on any atom is -0.396 e. The molecular formula is C12H16F2N2O3. The molecule has 0 fully saturated rings. The van der Waals surface area contributed by atoms with Gasteiger partial charge in [-0.2, -0.15) is 0 Å². The van der Waals surface area contributed by atoms with Crippen molar-refractivity contribution in [2.24, 2.45) is 0 Å². The summed E-state index contributed by atoms with van der Waals surface area (Å²) in [5.41, 5.74) is -0.498. The molecule has 106 valence electrons. The summed E-state index contributed by atoms with van der Waals surface area (Å²) < 4.78 is 25.6. The Labute approximate surface area is 109 Å². The maximum absolute atomic E-state index is 12.8. The number of nitrogens with one attached hydrogen (secondary N) is 1. The van der Waals surface area contributed by atoms with Crippen LogP contribution in [0.1, 0.15) is 31.3 Å². The van der Waals surface area contributed by atoms with Gasteiger partial charge in [-0.25, -0.2) is 8.78 Å². The molecule has 0 heterocycles. The molecule has 0 aliphatic heterocycles. The predicted octanol–water partition coefficient (Wildman–Crippen LogP) is 3.11. The van der Waals surface area contributed by atoms with Gasteiger partial charge < -0.3 is 10.4 Å². The Morgan fingerprint density at radius 3 is 2.63 bits per heavy atom. The molecule has 0 atom stereocenters. The molecule has 0 spiro atoms. The van der Waals surface area contributed by atoms with Gasteiger partial charge in [0, 0.05) is 36.5 Å². The van der Waals surface area contributed by atoms with Crippen LogP contribution in [0.25, 0.3) is 0 Å². The van der Waals surface area contributed by atoms with Crippen LogP contribution in [0.4, 0.5) is 20.2 Å². The molecule has 0 aliphatic carbocycles. The molecule has 7 heteroatoms. The number of alkyl halides is 2. The monoisotopic (exact) mass is 274 g/mol. The Hall–Kier alpha value is -1.76. The summed E-state index contributed by atoms with van der Waals surface area (Å²) in [5, 5.41) is 22.0. The van der Waals surface area contributed by atoms with E-state index in [1.54, 1.807) is 0 Å². The molecule has 0 unspecified atom stereocenters. The molecule has 0 saturated carbocycles. The minimum absolute atomic E-state index is 0.111. The molecule has 0 aromatic heterocycles. The zero-order valence-electron chi connectivity index (χ0n) is 10.3. The van der Waals surface area contributed by atoms with Crippen LogP contribution >= 0.6 is 0 Å². The highest BCUT2D eigenvalue weighted by Crippen LogP contribution is 2.30. The number of hydrogen-bond donors (Lipinski definition) is 2. The van der Waals surface area contributed by atoms with E-state index in [9.17, 15) is 18.9 Å². The SMILES string of the molecule is O=[N+]([O-])c1ccc(NCCCCCO)c(C(F)F)c1. The van der Waals surface area contributed by atoms with Crippen molar-refractivity contribution in [2.45, 2.75) is 25.7 Å². The van der Waals surface area contributed by atoms with Gasteiger partial charge in [0.25, 0.3) is 12.1 Å². The maximum atomic E-state index is 12.8.